The third kappa shape index (κ3) is 3.45. The zero-order chi connectivity index (χ0) is 13.7. The van der Waals surface area contributed by atoms with E-state index in [2.05, 4.69) is 35.1 Å². The number of nitrogens with zero attached hydrogens (tertiary/aromatic N) is 2. The van der Waals surface area contributed by atoms with Crippen molar-refractivity contribution in [3.05, 3.63) is 23.9 Å². The summed E-state index contributed by atoms with van der Waals surface area (Å²) >= 11 is 0. The fourth-order valence-corrected chi connectivity index (χ4v) is 2.73. The van der Waals surface area contributed by atoms with E-state index in [4.69, 9.17) is 4.74 Å². The molecule has 0 bridgehead atoms. The molecule has 0 spiro atoms. The Morgan fingerprint density at radius 1 is 1.47 bits per heavy atom. The summed E-state index contributed by atoms with van der Waals surface area (Å²) in [4.78, 5) is 6.99. The molecule has 1 aliphatic heterocycles. The van der Waals surface area contributed by atoms with E-state index in [9.17, 15) is 0 Å². The monoisotopic (exact) mass is 263 g/mol. The molecule has 1 N–H and O–H groups in total. The number of piperidine rings is 1. The first kappa shape index (κ1) is 14.3. The molecule has 19 heavy (non-hydrogen) atoms. The van der Waals surface area contributed by atoms with Crippen molar-refractivity contribution in [3.63, 3.8) is 0 Å². The molecule has 1 aromatic rings. The van der Waals surface area contributed by atoms with Gasteiger partial charge in [0.05, 0.1) is 6.10 Å². The Hall–Kier alpha value is -1.13. The van der Waals surface area contributed by atoms with Crippen LogP contribution in [0.15, 0.2) is 18.3 Å². The topological polar surface area (TPSA) is 37.4 Å². The normalized spacial score (nSPS) is 18.6. The Morgan fingerprint density at radius 3 is 2.84 bits per heavy atom. The predicted molar refractivity (Wildman–Crippen MR) is 78.6 cm³/mol. The van der Waals surface area contributed by atoms with E-state index in [1.807, 2.05) is 12.3 Å². The zero-order valence-corrected chi connectivity index (χ0v) is 12.2. The van der Waals surface area contributed by atoms with Crippen molar-refractivity contribution in [1.82, 2.24) is 10.3 Å². The molecule has 1 saturated heterocycles. The molecule has 0 aliphatic carbocycles. The van der Waals surface area contributed by atoms with Gasteiger partial charge in [-0.2, -0.15) is 0 Å². The summed E-state index contributed by atoms with van der Waals surface area (Å²) in [5.74, 6) is 1.13. The minimum absolute atomic E-state index is 0.342. The molecular formula is C15H25N3O. The number of nitrogens with one attached hydrogen (secondary N) is 1. The summed E-state index contributed by atoms with van der Waals surface area (Å²) in [7, 11) is 1.81. The van der Waals surface area contributed by atoms with Crippen LogP contribution < -0.4 is 10.2 Å². The van der Waals surface area contributed by atoms with Crippen molar-refractivity contribution >= 4 is 5.82 Å². The van der Waals surface area contributed by atoms with Crippen molar-refractivity contribution in [1.29, 1.82) is 0 Å². The number of hydrogen-bond acceptors (Lipinski definition) is 4. The lowest BCUT2D eigenvalue weighted by Crippen LogP contribution is -2.38. The number of methoxy groups -OCH3 is 1. The van der Waals surface area contributed by atoms with E-state index in [1.165, 1.54) is 5.56 Å². The van der Waals surface area contributed by atoms with Crippen LogP contribution in [0.5, 0.6) is 0 Å². The molecule has 1 unspecified atom stereocenters. The lowest BCUT2D eigenvalue weighted by Gasteiger charge is -2.34. The lowest BCUT2D eigenvalue weighted by molar-refractivity contribution is 0.0817. The molecule has 2 heterocycles. The highest BCUT2D eigenvalue weighted by Gasteiger charge is 2.22. The van der Waals surface area contributed by atoms with E-state index in [1.54, 1.807) is 7.11 Å². The van der Waals surface area contributed by atoms with E-state index >= 15 is 0 Å². The smallest absolute Gasteiger partial charge is 0.133 e. The van der Waals surface area contributed by atoms with Crippen molar-refractivity contribution in [3.8, 4) is 0 Å². The number of anilines is 1. The molecule has 4 heteroatoms. The van der Waals surface area contributed by atoms with Gasteiger partial charge in [0.25, 0.3) is 0 Å². The number of pyridine rings is 1. The highest BCUT2D eigenvalue weighted by Crippen LogP contribution is 2.26. The SMILES string of the molecule is CCNC(C)c1cccnc1N1CCC(OC)CC1. The van der Waals surface area contributed by atoms with Crippen molar-refractivity contribution in [2.75, 3.05) is 31.6 Å². The summed E-state index contributed by atoms with van der Waals surface area (Å²) in [5.41, 5.74) is 1.29. The van der Waals surface area contributed by atoms with Crippen molar-refractivity contribution in [2.45, 2.75) is 38.8 Å². The predicted octanol–water partition coefficient (Wildman–Crippen LogP) is 2.37. The largest absolute Gasteiger partial charge is 0.381 e. The highest BCUT2D eigenvalue weighted by atomic mass is 16.5. The molecule has 4 nitrogen and oxygen atoms in total. The summed E-state index contributed by atoms with van der Waals surface area (Å²) in [6.07, 6.45) is 4.47. The third-order valence-electron chi connectivity index (χ3n) is 3.87. The maximum Gasteiger partial charge on any atom is 0.133 e. The Bertz CT molecular complexity index is 389. The summed E-state index contributed by atoms with van der Waals surface area (Å²) in [6.45, 7) is 7.37. The summed E-state index contributed by atoms with van der Waals surface area (Å²) < 4.78 is 5.43. The first-order valence-corrected chi connectivity index (χ1v) is 7.22. The van der Waals surface area contributed by atoms with E-state index in [0.29, 0.717) is 12.1 Å². The molecule has 0 radical (unpaired) electrons. The lowest BCUT2D eigenvalue weighted by atomic mass is 10.0. The Kier molecular flexibility index (Phi) is 5.16. The van der Waals surface area contributed by atoms with Crippen LogP contribution in [0.4, 0.5) is 5.82 Å². The van der Waals surface area contributed by atoms with Gasteiger partial charge in [0.15, 0.2) is 0 Å². The van der Waals surface area contributed by atoms with Crippen LogP contribution in [-0.4, -0.2) is 37.8 Å². The average molecular weight is 263 g/mol. The van der Waals surface area contributed by atoms with Gasteiger partial charge in [-0.3, -0.25) is 0 Å². The van der Waals surface area contributed by atoms with E-state index < -0.39 is 0 Å². The first-order chi connectivity index (χ1) is 9.26. The third-order valence-corrected chi connectivity index (χ3v) is 3.87. The fourth-order valence-electron chi connectivity index (χ4n) is 2.73. The van der Waals surface area contributed by atoms with Crippen LogP contribution in [0.25, 0.3) is 0 Å². The van der Waals surface area contributed by atoms with Crippen LogP contribution in [0.3, 0.4) is 0 Å². The molecule has 2 rings (SSSR count). The van der Waals surface area contributed by atoms with Gasteiger partial charge in [-0.05, 0) is 32.4 Å². The van der Waals surface area contributed by atoms with Gasteiger partial charge in [0.1, 0.15) is 5.82 Å². The molecule has 1 atom stereocenters. The standard InChI is InChI=1S/C15H25N3O/c1-4-16-12(2)14-6-5-9-17-15(14)18-10-7-13(19-3)8-11-18/h5-6,9,12-13,16H,4,7-8,10-11H2,1-3H3. The highest BCUT2D eigenvalue weighted by molar-refractivity contribution is 5.48. The second kappa shape index (κ2) is 6.87. The van der Waals surface area contributed by atoms with Gasteiger partial charge in [-0.25, -0.2) is 4.98 Å². The molecule has 0 aromatic carbocycles. The number of hydrogen-bond donors (Lipinski definition) is 1. The number of rotatable bonds is 5. The molecule has 0 amide bonds. The maximum atomic E-state index is 5.43. The van der Waals surface area contributed by atoms with Crippen LogP contribution >= 0.6 is 0 Å². The van der Waals surface area contributed by atoms with Gasteiger partial charge in [-0.15, -0.1) is 0 Å². The molecule has 1 aromatic heterocycles. The van der Waals surface area contributed by atoms with Gasteiger partial charge < -0.3 is 15.0 Å². The van der Waals surface area contributed by atoms with Crippen LogP contribution in [0.1, 0.15) is 38.3 Å². The Labute approximate surface area is 116 Å². The molecule has 1 aliphatic rings. The first-order valence-electron chi connectivity index (χ1n) is 7.22. The van der Waals surface area contributed by atoms with Crippen LogP contribution in [0, 0.1) is 0 Å². The molecule has 0 saturated carbocycles. The Morgan fingerprint density at radius 2 is 2.21 bits per heavy atom. The second-order valence-corrected chi connectivity index (χ2v) is 5.12. The number of ether oxygens (including phenoxy) is 1. The summed E-state index contributed by atoms with van der Waals surface area (Å²) in [5, 5.41) is 3.47. The second-order valence-electron chi connectivity index (χ2n) is 5.12. The maximum absolute atomic E-state index is 5.43. The molecular weight excluding hydrogens is 238 g/mol. The van der Waals surface area contributed by atoms with E-state index in [0.717, 1.165) is 38.3 Å². The molecule has 1 fully saturated rings. The Balaban J connectivity index is 2.11. The van der Waals surface area contributed by atoms with Crippen molar-refractivity contribution < 1.29 is 4.74 Å². The van der Waals surface area contributed by atoms with Gasteiger partial charge in [0, 0.05) is 38.0 Å². The van der Waals surface area contributed by atoms with E-state index in [-0.39, 0.29) is 0 Å². The van der Waals surface area contributed by atoms with Crippen molar-refractivity contribution in [2.24, 2.45) is 0 Å². The molecule has 106 valence electrons. The van der Waals surface area contributed by atoms with Gasteiger partial charge >= 0.3 is 0 Å². The summed E-state index contributed by atoms with van der Waals surface area (Å²) in [6, 6.07) is 4.54. The quantitative estimate of drug-likeness (QED) is 0.885. The van der Waals surface area contributed by atoms with Gasteiger partial charge in [-0.1, -0.05) is 13.0 Å². The van der Waals surface area contributed by atoms with Gasteiger partial charge in [0.2, 0.25) is 0 Å². The number of aromatic nitrogens is 1. The minimum Gasteiger partial charge on any atom is -0.381 e. The average Bonchev–Trinajstić information content (AvgIpc) is 2.47. The minimum atomic E-state index is 0.342. The fraction of sp³-hybridized carbons (Fsp3) is 0.667. The van der Waals surface area contributed by atoms with Crippen LogP contribution in [0.2, 0.25) is 0 Å². The van der Waals surface area contributed by atoms with Crippen LogP contribution in [-0.2, 0) is 4.74 Å². The zero-order valence-electron chi connectivity index (χ0n) is 12.2.